The van der Waals surface area contributed by atoms with Gasteiger partial charge in [0.25, 0.3) is 0 Å². The van der Waals surface area contributed by atoms with E-state index in [0.29, 0.717) is 88.3 Å². The van der Waals surface area contributed by atoms with Crippen LogP contribution in [0.3, 0.4) is 0 Å². The van der Waals surface area contributed by atoms with Crippen LogP contribution in [0.25, 0.3) is 44.4 Å². The number of alkyl carbamates (subject to hydrolysis) is 3. The number of ether oxygens (including phenoxy) is 7. The second-order valence-corrected chi connectivity index (χ2v) is 19.5. The zero-order chi connectivity index (χ0) is 49.3. The van der Waals surface area contributed by atoms with Gasteiger partial charge in [0, 0.05) is 48.4 Å². The van der Waals surface area contributed by atoms with E-state index in [-0.39, 0.29) is 0 Å². The fourth-order valence-corrected chi connectivity index (χ4v) is 6.79. The highest BCUT2D eigenvalue weighted by molar-refractivity contribution is 5.89. The molecule has 0 aliphatic heterocycles. The highest BCUT2D eigenvalue weighted by Gasteiger charge is 2.19. The van der Waals surface area contributed by atoms with Gasteiger partial charge in [-0.3, -0.25) is 0 Å². The third-order valence-electron chi connectivity index (χ3n) is 9.74. The second kappa shape index (κ2) is 24.5. The van der Waals surface area contributed by atoms with Crippen molar-refractivity contribution in [3.63, 3.8) is 0 Å². The van der Waals surface area contributed by atoms with Gasteiger partial charge in [-0.05, 0) is 170 Å². The summed E-state index contributed by atoms with van der Waals surface area (Å²) in [5.74, 6) is 2.49. The first-order valence-electron chi connectivity index (χ1n) is 23.7. The Balaban J connectivity index is 1.48. The molecular weight excluding hydrogens is 865 g/mol. The molecule has 0 spiro atoms. The van der Waals surface area contributed by atoms with E-state index in [1.165, 1.54) is 0 Å². The Labute approximate surface area is 402 Å². The second-order valence-electron chi connectivity index (χ2n) is 19.5. The molecule has 14 heteroatoms. The summed E-state index contributed by atoms with van der Waals surface area (Å²) in [5.41, 5.74) is 4.69. The van der Waals surface area contributed by atoms with Crippen molar-refractivity contribution in [1.29, 1.82) is 0 Å². The van der Waals surface area contributed by atoms with Gasteiger partial charge in [0.15, 0.2) is 0 Å². The normalized spacial score (nSPS) is 11.7. The monoisotopic (exact) mass is 937 g/mol. The number of aromatic amines is 1. The Morgan fingerprint density at radius 1 is 0.456 bits per heavy atom. The van der Waals surface area contributed by atoms with Crippen molar-refractivity contribution < 1.29 is 47.5 Å². The number of rotatable bonds is 22. The first-order chi connectivity index (χ1) is 32.2. The van der Waals surface area contributed by atoms with Gasteiger partial charge < -0.3 is 54.1 Å². The van der Waals surface area contributed by atoms with Crippen LogP contribution in [-0.2, 0) is 14.2 Å². The van der Waals surface area contributed by atoms with Gasteiger partial charge in [-0.25, -0.2) is 14.4 Å². The van der Waals surface area contributed by atoms with E-state index in [2.05, 4.69) is 64.3 Å². The molecule has 4 aromatic carbocycles. The van der Waals surface area contributed by atoms with Gasteiger partial charge >= 0.3 is 18.3 Å². The highest BCUT2D eigenvalue weighted by atomic mass is 16.6. The number of nitrogens with one attached hydrogen (secondary N) is 4. The number of benzene rings is 4. The summed E-state index contributed by atoms with van der Waals surface area (Å²) in [6.45, 7) is 21.2. The molecule has 0 saturated carbocycles. The first kappa shape index (κ1) is 52.4. The van der Waals surface area contributed by atoms with Crippen LogP contribution in [0.5, 0.6) is 23.0 Å². The Hall–Kier alpha value is -6.57. The maximum absolute atomic E-state index is 12.3. The molecule has 0 bridgehead atoms. The van der Waals surface area contributed by atoms with E-state index >= 15 is 0 Å². The molecule has 14 nitrogen and oxygen atoms in total. The van der Waals surface area contributed by atoms with Crippen LogP contribution in [-0.4, -0.2) is 86.1 Å². The average molecular weight is 937 g/mol. The van der Waals surface area contributed by atoms with E-state index in [1.54, 1.807) is 0 Å². The summed E-state index contributed by atoms with van der Waals surface area (Å²) < 4.78 is 41.4. The van der Waals surface area contributed by atoms with Crippen LogP contribution in [0.2, 0.25) is 0 Å². The van der Waals surface area contributed by atoms with Crippen molar-refractivity contribution in [3.8, 4) is 56.5 Å². The van der Waals surface area contributed by atoms with E-state index in [9.17, 15) is 14.4 Å². The van der Waals surface area contributed by atoms with Crippen molar-refractivity contribution in [2.45, 2.75) is 118 Å². The molecule has 0 unspecified atom stereocenters. The predicted molar refractivity (Wildman–Crippen MR) is 268 cm³/mol. The lowest BCUT2D eigenvalue weighted by molar-refractivity contribution is 0.0513. The molecule has 0 aliphatic rings. The smallest absolute Gasteiger partial charge is 0.407 e. The number of fused-ring (bicyclic) bond motifs is 1. The summed E-state index contributed by atoms with van der Waals surface area (Å²) >= 11 is 0. The molecule has 3 amide bonds. The molecule has 0 aliphatic carbocycles. The topological polar surface area (TPSA) is 168 Å². The average Bonchev–Trinajstić information content (AvgIpc) is 3.69. The Morgan fingerprint density at radius 2 is 0.809 bits per heavy atom. The molecule has 0 fully saturated rings. The number of carbonyl (C=O) groups excluding carboxylic acids is 3. The van der Waals surface area contributed by atoms with Crippen molar-refractivity contribution in [3.05, 3.63) is 84.9 Å². The third-order valence-corrected chi connectivity index (χ3v) is 9.74. The number of para-hydroxylation sites is 1. The zero-order valence-corrected chi connectivity index (χ0v) is 41.7. The van der Waals surface area contributed by atoms with Gasteiger partial charge in [-0.1, -0.05) is 31.5 Å². The van der Waals surface area contributed by atoms with E-state index in [1.807, 2.05) is 111 Å². The molecule has 0 radical (unpaired) electrons. The summed E-state index contributed by atoms with van der Waals surface area (Å²) in [5, 5.41) is 9.47. The Bertz CT molecular complexity index is 2340. The fourth-order valence-electron chi connectivity index (χ4n) is 6.79. The maximum atomic E-state index is 12.3. The van der Waals surface area contributed by atoms with E-state index in [4.69, 9.17) is 33.2 Å². The number of carbonyl (C=O) groups is 3. The number of hydrogen-bond acceptors (Lipinski definition) is 10. The van der Waals surface area contributed by atoms with Crippen LogP contribution < -0.4 is 34.9 Å². The molecule has 5 rings (SSSR count). The molecule has 1 aromatic heterocycles. The van der Waals surface area contributed by atoms with Crippen molar-refractivity contribution in [1.82, 2.24) is 20.9 Å². The number of hydrogen-bond donors (Lipinski definition) is 4. The standard InChI is InChI=1S/C54H72N4O10/c1-11-12-23-62-43-30-40(31-44(35-43)63-24-15-20-55-49(59)66-52(2,3)4)38-27-39(29-42(28-38)48-34-37-18-13-14-19-47(37)58-48)41-32-45(64-25-16-21-56-50(60)67-53(5,6)7)36-46(33-41)65-26-17-22-57-51(61)68-54(8,9)10/h13-14,18-19,27-36,58H,11-12,15-17,20-26H2,1-10H3,(H,55,59)(H,56,60)(H,57,61). The summed E-state index contributed by atoms with van der Waals surface area (Å²) in [6.07, 6.45) is 2.11. The molecule has 0 saturated heterocycles. The number of unbranched alkanes of at least 4 members (excludes halogenated alkanes) is 1. The van der Waals surface area contributed by atoms with Gasteiger partial charge in [-0.2, -0.15) is 0 Å². The molecule has 0 atom stereocenters. The Morgan fingerprint density at radius 3 is 1.18 bits per heavy atom. The predicted octanol–water partition coefficient (Wildman–Crippen LogP) is 12.2. The van der Waals surface area contributed by atoms with Crippen molar-refractivity contribution >= 4 is 29.2 Å². The molecular formula is C54H72N4O10. The number of H-pyrrole nitrogens is 1. The summed E-state index contributed by atoms with van der Waals surface area (Å²) in [6, 6.07) is 28.5. The van der Waals surface area contributed by atoms with Crippen LogP contribution in [0, 0.1) is 0 Å². The van der Waals surface area contributed by atoms with Crippen LogP contribution in [0.1, 0.15) is 101 Å². The van der Waals surface area contributed by atoms with E-state index in [0.717, 1.165) is 57.3 Å². The minimum atomic E-state index is -0.598. The molecule has 4 N–H and O–H groups in total. The number of amides is 3. The van der Waals surface area contributed by atoms with Crippen LogP contribution in [0.15, 0.2) is 84.9 Å². The van der Waals surface area contributed by atoms with Crippen LogP contribution >= 0.6 is 0 Å². The van der Waals surface area contributed by atoms with Gasteiger partial charge in [0.05, 0.1) is 26.4 Å². The van der Waals surface area contributed by atoms with Gasteiger partial charge in [-0.15, -0.1) is 0 Å². The summed E-state index contributed by atoms with van der Waals surface area (Å²) in [4.78, 5) is 40.4. The van der Waals surface area contributed by atoms with Gasteiger partial charge in [0.1, 0.15) is 39.8 Å². The lowest BCUT2D eigenvalue weighted by atomic mass is 9.94. The highest BCUT2D eigenvalue weighted by Crippen LogP contribution is 2.39. The van der Waals surface area contributed by atoms with E-state index < -0.39 is 35.1 Å². The minimum Gasteiger partial charge on any atom is -0.493 e. The first-order valence-corrected chi connectivity index (χ1v) is 23.7. The number of aromatic nitrogens is 1. The lowest BCUT2D eigenvalue weighted by Crippen LogP contribution is -2.33. The molecule has 68 heavy (non-hydrogen) atoms. The summed E-state index contributed by atoms with van der Waals surface area (Å²) in [7, 11) is 0. The van der Waals surface area contributed by atoms with Gasteiger partial charge in [0.2, 0.25) is 0 Å². The molecule has 1 heterocycles. The zero-order valence-electron chi connectivity index (χ0n) is 41.7. The van der Waals surface area contributed by atoms with Crippen molar-refractivity contribution in [2.75, 3.05) is 46.1 Å². The van der Waals surface area contributed by atoms with Crippen LogP contribution in [0.4, 0.5) is 14.4 Å². The maximum Gasteiger partial charge on any atom is 0.407 e. The fraction of sp³-hybridized carbons (Fsp3) is 0.463. The largest absolute Gasteiger partial charge is 0.493 e. The molecule has 368 valence electrons. The van der Waals surface area contributed by atoms with Crippen molar-refractivity contribution in [2.24, 2.45) is 0 Å². The SMILES string of the molecule is CCCCOc1cc(OCCCNC(=O)OC(C)(C)C)cc(-c2cc(-c3cc(OCCCNC(=O)OC(C)(C)C)cc(OCCCNC(=O)OC(C)(C)C)c3)cc(-c3cc4ccccc4[nH]3)c2)c1. The lowest BCUT2D eigenvalue weighted by Gasteiger charge is -2.19. The molecule has 5 aromatic rings. The third kappa shape index (κ3) is 18.6. The minimum absolute atomic E-state index is 0.323. The quantitative estimate of drug-likeness (QED) is 0.0387. The Kier molecular flexibility index (Phi) is 18.8.